The largest absolute Gasteiger partial charge is 0.471 e. The highest BCUT2D eigenvalue weighted by atomic mass is 19.4. The third kappa shape index (κ3) is 5.47. The highest BCUT2D eigenvalue weighted by Crippen LogP contribution is 2.29. The Balaban J connectivity index is 2.25. The molecule has 2 aliphatic rings. The van der Waals surface area contributed by atoms with E-state index < -0.39 is 42.3 Å². The van der Waals surface area contributed by atoms with Crippen LogP contribution in [0.25, 0.3) is 0 Å². The number of rotatable bonds is 2. The van der Waals surface area contributed by atoms with Crippen LogP contribution in [0.1, 0.15) is 27.2 Å². The molecular weight excluding hydrogens is 365 g/mol. The molecular formula is C18H25F3N2O4. The molecule has 2 rings (SSSR count). The number of hydrogen-bond donors (Lipinski definition) is 1. The van der Waals surface area contributed by atoms with E-state index in [2.05, 4.69) is 0 Å². The fraction of sp³-hybridized carbons (Fsp3) is 0.667. The summed E-state index contributed by atoms with van der Waals surface area (Å²) < 4.78 is 44.0. The smallest absolute Gasteiger partial charge is 0.444 e. The summed E-state index contributed by atoms with van der Waals surface area (Å²) in [6, 6.07) is -0.463. The number of ether oxygens (including phenoxy) is 1. The molecule has 2 atom stereocenters. The molecule has 2 amide bonds. The molecule has 2 heterocycles. The van der Waals surface area contributed by atoms with E-state index in [1.807, 2.05) is 6.08 Å². The standard InChI is InChI=1S/C18H25F3N2O4/c1-17(2,3)27-16(26)23-7-5-4-6-14(23)13-8-12(11-24)9-22(10-13)15(25)18(19,20)21/h4-5,8,13-14,24H,6-7,9-11H2,1-3H3/t13-,14+/m0/s1. The van der Waals surface area contributed by atoms with Gasteiger partial charge in [0.05, 0.1) is 6.61 Å². The summed E-state index contributed by atoms with van der Waals surface area (Å²) in [5, 5.41) is 9.43. The molecule has 0 radical (unpaired) electrons. The highest BCUT2D eigenvalue weighted by Gasteiger charge is 2.45. The van der Waals surface area contributed by atoms with Crippen LogP contribution in [-0.4, -0.2) is 71.0 Å². The van der Waals surface area contributed by atoms with Gasteiger partial charge in [-0.3, -0.25) is 4.79 Å². The summed E-state index contributed by atoms with van der Waals surface area (Å²) in [4.78, 5) is 26.4. The van der Waals surface area contributed by atoms with Gasteiger partial charge in [-0.05, 0) is 32.8 Å². The van der Waals surface area contributed by atoms with Crippen LogP contribution >= 0.6 is 0 Å². The average molecular weight is 390 g/mol. The Labute approximate surface area is 156 Å². The Kier molecular flexibility index (Phi) is 6.24. The first-order chi connectivity index (χ1) is 12.4. The van der Waals surface area contributed by atoms with Gasteiger partial charge in [-0.15, -0.1) is 0 Å². The van der Waals surface area contributed by atoms with Crippen molar-refractivity contribution in [2.75, 3.05) is 26.2 Å². The minimum absolute atomic E-state index is 0.181. The SMILES string of the molecule is CC(C)(C)OC(=O)N1CC=CC[C@@H]1[C@H]1C=C(CO)CN(C(=O)C(F)(F)F)C1. The van der Waals surface area contributed by atoms with Crippen LogP contribution in [0.5, 0.6) is 0 Å². The Bertz CT molecular complexity index is 637. The number of amides is 2. The Morgan fingerprint density at radius 2 is 1.93 bits per heavy atom. The second-order valence-electron chi connectivity index (χ2n) is 7.74. The lowest BCUT2D eigenvalue weighted by Crippen LogP contribution is -2.53. The van der Waals surface area contributed by atoms with Gasteiger partial charge in [0, 0.05) is 31.6 Å². The average Bonchev–Trinajstić information content (AvgIpc) is 2.58. The predicted octanol–water partition coefficient (Wildman–Crippen LogP) is 2.49. The van der Waals surface area contributed by atoms with Gasteiger partial charge in [0.25, 0.3) is 0 Å². The molecule has 27 heavy (non-hydrogen) atoms. The van der Waals surface area contributed by atoms with Gasteiger partial charge in [-0.2, -0.15) is 13.2 Å². The van der Waals surface area contributed by atoms with E-state index in [9.17, 15) is 27.9 Å². The van der Waals surface area contributed by atoms with Gasteiger partial charge in [0.2, 0.25) is 0 Å². The summed E-state index contributed by atoms with van der Waals surface area (Å²) >= 11 is 0. The minimum Gasteiger partial charge on any atom is -0.444 e. The molecule has 0 bridgehead atoms. The van der Waals surface area contributed by atoms with Crippen molar-refractivity contribution in [2.24, 2.45) is 5.92 Å². The molecule has 0 unspecified atom stereocenters. The fourth-order valence-electron chi connectivity index (χ4n) is 3.26. The van der Waals surface area contributed by atoms with Crippen LogP contribution in [-0.2, 0) is 9.53 Å². The number of nitrogens with zero attached hydrogens (tertiary/aromatic N) is 2. The van der Waals surface area contributed by atoms with E-state index in [0.29, 0.717) is 16.9 Å². The Morgan fingerprint density at radius 1 is 1.26 bits per heavy atom. The third-order valence-electron chi connectivity index (χ3n) is 4.38. The zero-order valence-electron chi connectivity index (χ0n) is 15.6. The summed E-state index contributed by atoms with van der Waals surface area (Å²) in [6.07, 6.45) is 0.185. The number of aliphatic hydroxyl groups excluding tert-OH is 1. The quantitative estimate of drug-likeness (QED) is 0.736. The van der Waals surface area contributed by atoms with Gasteiger partial charge >= 0.3 is 18.2 Å². The minimum atomic E-state index is -4.99. The number of carbonyl (C=O) groups excluding carboxylic acids is 2. The lowest BCUT2D eigenvalue weighted by atomic mass is 9.88. The van der Waals surface area contributed by atoms with Crippen molar-refractivity contribution in [3.63, 3.8) is 0 Å². The molecule has 0 saturated heterocycles. The molecule has 0 aliphatic carbocycles. The second kappa shape index (κ2) is 7.92. The maximum atomic E-state index is 12.9. The maximum absolute atomic E-state index is 12.9. The molecule has 0 saturated carbocycles. The summed E-state index contributed by atoms with van der Waals surface area (Å²) in [5.41, 5.74) is -0.387. The molecule has 152 valence electrons. The maximum Gasteiger partial charge on any atom is 0.471 e. The van der Waals surface area contributed by atoms with Crippen molar-refractivity contribution in [1.29, 1.82) is 0 Å². The van der Waals surface area contributed by atoms with Crippen molar-refractivity contribution in [3.05, 3.63) is 23.8 Å². The monoisotopic (exact) mass is 390 g/mol. The zero-order valence-corrected chi connectivity index (χ0v) is 15.6. The molecule has 0 aromatic heterocycles. The molecule has 6 nitrogen and oxygen atoms in total. The summed E-state index contributed by atoms with van der Waals surface area (Å²) in [5.74, 6) is -2.48. The van der Waals surface area contributed by atoms with Crippen molar-refractivity contribution >= 4 is 12.0 Å². The van der Waals surface area contributed by atoms with Gasteiger partial charge < -0.3 is 19.6 Å². The highest BCUT2D eigenvalue weighted by molar-refractivity contribution is 5.82. The molecule has 1 N–H and O–H groups in total. The predicted molar refractivity (Wildman–Crippen MR) is 91.8 cm³/mol. The van der Waals surface area contributed by atoms with Crippen LogP contribution in [0, 0.1) is 5.92 Å². The van der Waals surface area contributed by atoms with E-state index in [1.54, 1.807) is 32.9 Å². The van der Waals surface area contributed by atoms with Crippen LogP contribution < -0.4 is 0 Å². The first-order valence-electron chi connectivity index (χ1n) is 8.73. The number of halogens is 3. The van der Waals surface area contributed by atoms with Crippen LogP contribution in [0.3, 0.4) is 0 Å². The van der Waals surface area contributed by atoms with Gasteiger partial charge in [-0.25, -0.2) is 4.79 Å². The first kappa shape index (κ1) is 21.3. The van der Waals surface area contributed by atoms with Crippen molar-refractivity contribution in [2.45, 2.75) is 45.0 Å². The topological polar surface area (TPSA) is 70.1 Å². The van der Waals surface area contributed by atoms with Crippen LogP contribution in [0.4, 0.5) is 18.0 Å². The number of aliphatic hydroxyl groups is 1. The molecule has 0 aromatic carbocycles. The molecule has 0 spiro atoms. The molecule has 0 fully saturated rings. The molecule has 9 heteroatoms. The van der Waals surface area contributed by atoms with Crippen molar-refractivity contribution in [1.82, 2.24) is 9.80 Å². The Morgan fingerprint density at radius 3 is 2.48 bits per heavy atom. The van der Waals surface area contributed by atoms with E-state index in [4.69, 9.17) is 4.74 Å². The van der Waals surface area contributed by atoms with E-state index >= 15 is 0 Å². The first-order valence-corrected chi connectivity index (χ1v) is 8.73. The van der Waals surface area contributed by atoms with E-state index in [-0.39, 0.29) is 19.6 Å². The lowest BCUT2D eigenvalue weighted by molar-refractivity contribution is -0.186. The molecule has 2 aliphatic heterocycles. The van der Waals surface area contributed by atoms with Crippen LogP contribution in [0.15, 0.2) is 23.8 Å². The zero-order chi connectivity index (χ0) is 20.4. The van der Waals surface area contributed by atoms with Crippen LogP contribution in [0.2, 0.25) is 0 Å². The van der Waals surface area contributed by atoms with Crippen molar-refractivity contribution < 1.29 is 32.6 Å². The van der Waals surface area contributed by atoms with Gasteiger partial charge in [0.1, 0.15) is 5.60 Å². The van der Waals surface area contributed by atoms with E-state index in [1.165, 1.54) is 4.90 Å². The fourth-order valence-corrected chi connectivity index (χ4v) is 3.26. The summed E-state index contributed by atoms with van der Waals surface area (Å²) in [7, 11) is 0. The van der Waals surface area contributed by atoms with E-state index in [0.717, 1.165) is 0 Å². The van der Waals surface area contributed by atoms with Gasteiger partial charge in [-0.1, -0.05) is 18.2 Å². The number of hydrogen-bond acceptors (Lipinski definition) is 4. The summed E-state index contributed by atoms with van der Waals surface area (Å²) in [6.45, 7) is 4.55. The third-order valence-corrected chi connectivity index (χ3v) is 4.38. The number of carbonyl (C=O) groups is 2. The second-order valence-corrected chi connectivity index (χ2v) is 7.74. The molecule has 0 aromatic rings. The van der Waals surface area contributed by atoms with Crippen molar-refractivity contribution in [3.8, 4) is 0 Å². The Hall–Kier alpha value is -2.03. The van der Waals surface area contributed by atoms with Gasteiger partial charge in [0.15, 0.2) is 0 Å². The number of alkyl halides is 3. The lowest BCUT2D eigenvalue weighted by Gasteiger charge is -2.41. The normalized spacial score (nSPS) is 23.9.